The molecule has 1 spiro atoms. The Morgan fingerprint density at radius 1 is 1.16 bits per heavy atom. The molecule has 0 unspecified atom stereocenters. The molecular weight excluding hydrogens is 242 g/mol. The van der Waals surface area contributed by atoms with E-state index in [0.717, 1.165) is 51.4 Å². The number of likely N-dealkylation sites (tertiary alicyclic amines) is 1. The second-order valence-electron chi connectivity index (χ2n) is 5.55. The molecule has 6 nitrogen and oxygen atoms in total. The van der Waals surface area contributed by atoms with Crippen molar-refractivity contribution < 1.29 is 4.79 Å². The number of nitrogens with zero attached hydrogens (tertiary/aromatic N) is 4. The van der Waals surface area contributed by atoms with Gasteiger partial charge in [0, 0.05) is 38.6 Å². The normalized spacial score (nSPS) is 21.9. The molecule has 3 heterocycles. The van der Waals surface area contributed by atoms with Gasteiger partial charge >= 0.3 is 6.03 Å². The number of amides is 2. The molecule has 2 saturated heterocycles. The Morgan fingerprint density at radius 2 is 1.79 bits per heavy atom. The molecule has 1 aromatic heterocycles. The quantitative estimate of drug-likeness (QED) is 0.813. The van der Waals surface area contributed by atoms with E-state index in [1.807, 2.05) is 6.07 Å². The van der Waals surface area contributed by atoms with Gasteiger partial charge in [-0.25, -0.2) is 14.8 Å². The molecule has 19 heavy (non-hydrogen) atoms. The first kappa shape index (κ1) is 12.2. The molecule has 1 aromatic rings. The highest BCUT2D eigenvalue weighted by Gasteiger charge is 2.41. The van der Waals surface area contributed by atoms with Crippen LogP contribution in [0.2, 0.25) is 0 Å². The number of nitrogens with two attached hydrogens (primary N) is 1. The summed E-state index contributed by atoms with van der Waals surface area (Å²) in [4.78, 5) is 23.8. The molecule has 2 aliphatic heterocycles. The molecule has 6 heteroatoms. The van der Waals surface area contributed by atoms with E-state index >= 15 is 0 Å². The molecular formula is C13H19N5O. The largest absolute Gasteiger partial charge is 0.351 e. The van der Waals surface area contributed by atoms with Crippen molar-refractivity contribution in [1.29, 1.82) is 0 Å². The topological polar surface area (TPSA) is 75.4 Å². The summed E-state index contributed by atoms with van der Waals surface area (Å²) in [7, 11) is 0. The lowest BCUT2D eigenvalue weighted by atomic mass is 9.78. The molecule has 2 amide bonds. The Bertz CT molecular complexity index is 455. The van der Waals surface area contributed by atoms with Gasteiger partial charge in [-0.1, -0.05) is 0 Å². The van der Waals surface area contributed by atoms with Crippen LogP contribution >= 0.6 is 0 Å². The molecule has 0 bridgehead atoms. The fourth-order valence-electron chi connectivity index (χ4n) is 3.17. The van der Waals surface area contributed by atoms with Crippen molar-refractivity contribution in [1.82, 2.24) is 14.9 Å². The summed E-state index contributed by atoms with van der Waals surface area (Å²) in [6, 6.07) is 1.54. The smallest absolute Gasteiger partial charge is 0.314 e. The zero-order valence-corrected chi connectivity index (χ0v) is 11.0. The maximum absolute atomic E-state index is 11.2. The first-order valence-electron chi connectivity index (χ1n) is 6.75. The summed E-state index contributed by atoms with van der Waals surface area (Å²) in [5.41, 5.74) is 5.64. The molecule has 3 rings (SSSR count). The molecule has 0 saturated carbocycles. The maximum atomic E-state index is 11.2. The predicted molar refractivity (Wildman–Crippen MR) is 71.7 cm³/mol. The second-order valence-corrected chi connectivity index (χ2v) is 5.55. The molecule has 2 N–H and O–H groups in total. The minimum Gasteiger partial charge on any atom is -0.351 e. The molecule has 0 aromatic carbocycles. The van der Waals surface area contributed by atoms with Gasteiger partial charge in [0.05, 0.1) is 0 Å². The third kappa shape index (κ3) is 2.34. The number of carbonyl (C=O) groups is 1. The van der Waals surface area contributed by atoms with Crippen LogP contribution in [0.25, 0.3) is 0 Å². The number of piperidine rings is 1. The first-order chi connectivity index (χ1) is 9.19. The fraction of sp³-hybridized carbons (Fsp3) is 0.615. The Kier molecular flexibility index (Phi) is 3.00. The Hall–Kier alpha value is -1.85. The van der Waals surface area contributed by atoms with Crippen molar-refractivity contribution in [3.63, 3.8) is 0 Å². The van der Waals surface area contributed by atoms with Crippen LogP contribution in [0.15, 0.2) is 18.5 Å². The standard InChI is InChI=1S/C13H19N5O/c14-11(19)17-7-2-13(3-8-17)4-9-18(10-13)12-15-5-1-6-16-12/h1,5-6H,2-4,7-10H2,(H2,14,19). The molecule has 102 valence electrons. The van der Waals surface area contributed by atoms with Crippen molar-refractivity contribution in [3.05, 3.63) is 18.5 Å². The summed E-state index contributed by atoms with van der Waals surface area (Å²) >= 11 is 0. The zero-order chi connectivity index (χ0) is 13.3. The average Bonchev–Trinajstić information content (AvgIpc) is 2.84. The van der Waals surface area contributed by atoms with Gasteiger partial charge in [-0.05, 0) is 30.7 Å². The first-order valence-corrected chi connectivity index (χ1v) is 6.75. The van der Waals surface area contributed by atoms with Crippen molar-refractivity contribution in [2.75, 3.05) is 31.1 Å². The van der Waals surface area contributed by atoms with Crippen LogP contribution in [-0.2, 0) is 0 Å². The van der Waals surface area contributed by atoms with E-state index in [4.69, 9.17) is 5.73 Å². The van der Waals surface area contributed by atoms with E-state index < -0.39 is 0 Å². The highest BCUT2D eigenvalue weighted by atomic mass is 16.2. The Morgan fingerprint density at radius 3 is 2.42 bits per heavy atom. The van der Waals surface area contributed by atoms with Crippen LogP contribution < -0.4 is 10.6 Å². The lowest BCUT2D eigenvalue weighted by molar-refractivity contribution is 0.136. The van der Waals surface area contributed by atoms with Gasteiger partial charge in [0.15, 0.2) is 0 Å². The molecule has 2 fully saturated rings. The van der Waals surface area contributed by atoms with Gasteiger partial charge in [-0.15, -0.1) is 0 Å². The van der Waals surface area contributed by atoms with E-state index in [9.17, 15) is 4.79 Å². The number of rotatable bonds is 1. The number of hydrogen-bond donors (Lipinski definition) is 1. The van der Waals surface area contributed by atoms with E-state index in [2.05, 4.69) is 14.9 Å². The van der Waals surface area contributed by atoms with E-state index in [-0.39, 0.29) is 6.03 Å². The summed E-state index contributed by atoms with van der Waals surface area (Å²) in [5.74, 6) is 0.816. The number of aromatic nitrogens is 2. The SMILES string of the molecule is NC(=O)N1CCC2(CC1)CCN(c1ncccn1)C2. The van der Waals surface area contributed by atoms with Gasteiger partial charge in [-0.2, -0.15) is 0 Å². The van der Waals surface area contributed by atoms with Crippen molar-refractivity contribution in [2.45, 2.75) is 19.3 Å². The van der Waals surface area contributed by atoms with Crippen LogP contribution in [0.1, 0.15) is 19.3 Å². The Balaban J connectivity index is 1.65. The monoisotopic (exact) mass is 261 g/mol. The number of anilines is 1. The molecule has 0 atom stereocenters. The Labute approximate surface area is 112 Å². The van der Waals surface area contributed by atoms with Crippen LogP contribution in [-0.4, -0.2) is 47.1 Å². The molecule has 0 aliphatic carbocycles. The zero-order valence-electron chi connectivity index (χ0n) is 11.0. The van der Waals surface area contributed by atoms with Crippen LogP contribution in [0.4, 0.5) is 10.7 Å². The maximum Gasteiger partial charge on any atom is 0.314 e. The van der Waals surface area contributed by atoms with Crippen molar-refractivity contribution in [2.24, 2.45) is 11.1 Å². The minimum absolute atomic E-state index is 0.295. The molecule has 0 radical (unpaired) electrons. The lowest BCUT2D eigenvalue weighted by Gasteiger charge is -2.38. The summed E-state index contributed by atoms with van der Waals surface area (Å²) in [6.07, 6.45) is 6.77. The number of carbonyl (C=O) groups excluding carboxylic acids is 1. The van der Waals surface area contributed by atoms with Crippen LogP contribution in [0, 0.1) is 5.41 Å². The summed E-state index contributed by atoms with van der Waals surface area (Å²) in [6.45, 7) is 3.54. The number of hydrogen-bond acceptors (Lipinski definition) is 4. The highest BCUT2D eigenvalue weighted by Crippen LogP contribution is 2.41. The van der Waals surface area contributed by atoms with Crippen LogP contribution in [0.5, 0.6) is 0 Å². The van der Waals surface area contributed by atoms with Gasteiger partial charge in [0.2, 0.25) is 5.95 Å². The van der Waals surface area contributed by atoms with Gasteiger partial charge in [-0.3, -0.25) is 0 Å². The molecule has 2 aliphatic rings. The fourth-order valence-corrected chi connectivity index (χ4v) is 3.17. The number of primary amides is 1. The highest BCUT2D eigenvalue weighted by molar-refractivity contribution is 5.72. The lowest BCUT2D eigenvalue weighted by Crippen LogP contribution is -2.46. The van der Waals surface area contributed by atoms with Gasteiger partial charge in [0.25, 0.3) is 0 Å². The van der Waals surface area contributed by atoms with Gasteiger partial charge < -0.3 is 15.5 Å². The predicted octanol–water partition coefficient (Wildman–Crippen LogP) is 0.848. The van der Waals surface area contributed by atoms with Crippen molar-refractivity contribution in [3.8, 4) is 0 Å². The van der Waals surface area contributed by atoms with Crippen LogP contribution in [0.3, 0.4) is 0 Å². The summed E-state index contributed by atoms with van der Waals surface area (Å²) in [5, 5.41) is 0. The minimum atomic E-state index is -0.295. The van der Waals surface area contributed by atoms with Gasteiger partial charge in [0.1, 0.15) is 0 Å². The second kappa shape index (κ2) is 4.68. The van der Waals surface area contributed by atoms with Crippen molar-refractivity contribution >= 4 is 12.0 Å². The van der Waals surface area contributed by atoms with E-state index in [1.54, 1.807) is 17.3 Å². The third-order valence-electron chi connectivity index (χ3n) is 4.41. The number of urea groups is 1. The van der Waals surface area contributed by atoms with E-state index in [0.29, 0.717) is 5.41 Å². The average molecular weight is 261 g/mol. The van der Waals surface area contributed by atoms with E-state index in [1.165, 1.54) is 0 Å². The summed E-state index contributed by atoms with van der Waals surface area (Å²) < 4.78 is 0. The third-order valence-corrected chi connectivity index (χ3v) is 4.41.